The Balaban J connectivity index is 1.41. The lowest BCUT2D eigenvalue weighted by molar-refractivity contribution is -0.118. The van der Waals surface area contributed by atoms with E-state index >= 15 is 0 Å². The van der Waals surface area contributed by atoms with Crippen LogP contribution in [0.5, 0.6) is 0 Å². The summed E-state index contributed by atoms with van der Waals surface area (Å²) in [4.78, 5) is 22.8. The van der Waals surface area contributed by atoms with E-state index in [-0.39, 0.29) is 17.3 Å². The van der Waals surface area contributed by atoms with Crippen molar-refractivity contribution in [1.82, 2.24) is 14.7 Å². The molecule has 0 aliphatic carbocycles. The fourth-order valence-electron chi connectivity index (χ4n) is 3.94. The standard InChI is InChI=1S/C20H26N6O3S/c1-3-21-17-10-13(2)24-20(25-17)22-7-8-23-30(28,29)16-11-14-4-5-18(27)26-9-6-15(12-16)19(14)26/h10-12,23H,3-9H2,1-2H3,(H2,21,22,24,25). The molecule has 30 heavy (non-hydrogen) atoms. The zero-order chi connectivity index (χ0) is 21.3. The first-order valence-corrected chi connectivity index (χ1v) is 11.6. The Hall–Kier alpha value is -2.72. The lowest BCUT2D eigenvalue weighted by atomic mass is 10.00. The maximum Gasteiger partial charge on any atom is 0.240 e. The molecule has 0 unspecified atom stereocenters. The molecule has 4 rings (SSSR count). The van der Waals surface area contributed by atoms with E-state index in [0.29, 0.717) is 38.3 Å². The second-order valence-corrected chi connectivity index (χ2v) is 9.23. The van der Waals surface area contributed by atoms with Gasteiger partial charge in [0.25, 0.3) is 0 Å². The Labute approximate surface area is 176 Å². The molecule has 0 bridgehead atoms. The Kier molecular flexibility index (Phi) is 5.61. The molecule has 2 aliphatic heterocycles. The summed E-state index contributed by atoms with van der Waals surface area (Å²) in [5.41, 5.74) is 3.61. The van der Waals surface area contributed by atoms with Gasteiger partial charge in [-0.3, -0.25) is 4.79 Å². The maximum atomic E-state index is 12.8. The summed E-state index contributed by atoms with van der Waals surface area (Å²) < 4.78 is 28.3. The van der Waals surface area contributed by atoms with Crippen LogP contribution in [0.25, 0.3) is 0 Å². The first-order chi connectivity index (χ1) is 14.4. The topological polar surface area (TPSA) is 116 Å². The molecular weight excluding hydrogens is 404 g/mol. The molecule has 0 spiro atoms. The Morgan fingerprint density at radius 2 is 1.80 bits per heavy atom. The number of aromatic nitrogens is 2. The van der Waals surface area contributed by atoms with Gasteiger partial charge in [0.1, 0.15) is 5.82 Å². The summed E-state index contributed by atoms with van der Waals surface area (Å²) in [7, 11) is -3.65. The van der Waals surface area contributed by atoms with Crippen LogP contribution >= 0.6 is 0 Å². The highest BCUT2D eigenvalue weighted by Crippen LogP contribution is 2.38. The van der Waals surface area contributed by atoms with E-state index in [0.717, 1.165) is 34.9 Å². The second kappa shape index (κ2) is 8.19. The number of rotatable bonds is 8. The first-order valence-electron chi connectivity index (χ1n) is 10.2. The average molecular weight is 431 g/mol. The van der Waals surface area contributed by atoms with E-state index in [1.54, 1.807) is 17.0 Å². The highest BCUT2D eigenvalue weighted by molar-refractivity contribution is 7.89. The molecule has 0 radical (unpaired) electrons. The predicted octanol–water partition coefficient (Wildman–Crippen LogP) is 1.44. The van der Waals surface area contributed by atoms with Gasteiger partial charge < -0.3 is 15.5 Å². The number of nitrogens with zero attached hydrogens (tertiary/aromatic N) is 3. The zero-order valence-corrected chi connectivity index (χ0v) is 18.0. The van der Waals surface area contributed by atoms with Crippen molar-refractivity contribution in [3.8, 4) is 0 Å². The third kappa shape index (κ3) is 4.10. The molecule has 1 aromatic heterocycles. The molecule has 2 aliphatic rings. The summed E-state index contributed by atoms with van der Waals surface area (Å²) in [6.45, 7) is 5.81. The van der Waals surface area contributed by atoms with E-state index in [2.05, 4.69) is 25.3 Å². The van der Waals surface area contributed by atoms with Crippen molar-refractivity contribution in [2.45, 2.75) is 38.0 Å². The minimum Gasteiger partial charge on any atom is -0.370 e. The molecule has 160 valence electrons. The minimum absolute atomic E-state index is 0.122. The lowest BCUT2D eigenvalue weighted by Gasteiger charge is -2.25. The Morgan fingerprint density at radius 3 is 2.57 bits per heavy atom. The van der Waals surface area contributed by atoms with Gasteiger partial charge in [0.05, 0.1) is 10.6 Å². The first kappa shape index (κ1) is 20.5. The molecule has 3 heterocycles. The average Bonchev–Trinajstić information content (AvgIpc) is 3.13. The van der Waals surface area contributed by atoms with Gasteiger partial charge in [0.2, 0.25) is 21.9 Å². The van der Waals surface area contributed by atoms with Gasteiger partial charge in [-0.2, -0.15) is 4.98 Å². The van der Waals surface area contributed by atoms with Crippen molar-refractivity contribution in [2.24, 2.45) is 0 Å². The molecule has 0 saturated heterocycles. The SMILES string of the molecule is CCNc1cc(C)nc(NCCNS(=O)(=O)c2cc3c4c(c2)CCN4C(=O)CC3)n1. The Morgan fingerprint density at radius 1 is 1.03 bits per heavy atom. The number of hydrogen-bond donors (Lipinski definition) is 3. The summed E-state index contributed by atoms with van der Waals surface area (Å²) in [6.07, 6.45) is 1.71. The Bertz CT molecular complexity index is 1090. The number of aryl methyl sites for hydroxylation is 2. The van der Waals surface area contributed by atoms with E-state index in [9.17, 15) is 13.2 Å². The smallest absolute Gasteiger partial charge is 0.240 e. The monoisotopic (exact) mass is 430 g/mol. The molecule has 0 fully saturated rings. The lowest BCUT2D eigenvalue weighted by Crippen LogP contribution is -2.33. The van der Waals surface area contributed by atoms with Crippen molar-refractivity contribution in [2.75, 3.05) is 41.7 Å². The molecule has 1 aromatic carbocycles. The zero-order valence-electron chi connectivity index (χ0n) is 17.2. The molecule has 3 N–H and O–H groups in total. The van der Waals surface area contributed by atoms with Gasteiger partial charge in [0, 0.05) is 44.4 Å². The van der Waals surface area contributed by atoms with Crippen molar-refractivity contribution >= 4 is 33.4 Å². The predicted molar refractivity (Wildman–Crippen MR) is 115 cm³/mol. The van der Waals surface area contributed by atoms with Gasteiger partial charge in [-0.05, 0) is 49.9 Å². The third-order valence-electron chi connectivity index (χ3n) is 5.25. The van der Waals surface area contributed by atoms with Crippen LogP contribution in [0, 0.1) is 6.92 Å². The highest BCUT2D eigenvalue weighted by atomic mass is 32.2. The number of carbonyl (C=O) groups is 1. The maximum absolute atomic E-state index is 12.8. The molecule has 0 atom stereocenters. The minimum atomic E-state index is -3.65. The molecule has 9 nitrogen and oxygen atoms in total. The van der Waals surface area contributed by atoms with Crippen LogP contribution in [0.3, 0.4) is 0 Å². The number of anilines is 3. The van der Waals surface area contributed by atoms with Gasteiger partial charge >= 0.3 is 0 Å². The van der Waals surface area contributed by atoms with Crippen LogP contribution in [0.4, 0.5) is 17.5 Å². The second-order valence-electron chi connectivity index (χ2n) is 7.46. The van der Waals surface area contributed by atoms with Crippen LogP contribution < -0.4 is 20.3 Å². The molecule has 2 aromatic rings. The van der Waals surface area contributed by atoms with Crippen molar-refractivity contribution < 1.29 is 13.2 Å². The van der Waals surface area contributed by atoms with Crippen molar-refractivity contribution in [1.29, 1.82) is 0 Å². The van der Waals surface area contributed by atoms with Crippen molar-refractivity contribution in [3.63, 3.8) is 0 Å². The van der Waals surface area contributed by atoms with E-state index < -0.39 is 10.0 Å². The summed E-state index contributed by atoms with van der Waals surface area (Å²) in [6, 6.07) is 5.25. The van der Waals surface area contributed by atoms with Gasteiger partial charge in [-0.1, -0.05) is 0 Å². The third-order valence-corrected chi connectivity index (χ3v) is 6.69. The van der Waals surface area contributed by atoms with E-state index in [1.807, 2.05) is 19.9 Å². The van der Waals surface area contributed by atoms with Gasteiger partial charge in [0.15, 0.2) is 0 Å². The highest BCUT2D eigenvalue weighted by Gasteiger charge is 2.32. The molecule has 1 amide bonds. The van der Waals surface area contributed by atoms with E-state index in [1.165, 1.54) is 0 Å². The summed E-state index contributed by atoms with van der Waals surface area (Å²) in [5, 5.41) is 6.20. The van der Waals surface area contributed by atoms with E-state index in [4.69, 9.17) is 0 Å². The summed E-state index contributed by atoms with van der Waals surface area (Å²) >= 11 is 0. The number of benzene rings is 1. The fraction of sp³-hybridized carbons (Fsp3) is 0.450. The van der Waals surface area contributed by atoms with Crippen LogP contribution in [0.1, 0.15) is 30.2 Å². The quantitative estimate of drug-likeness (QED) is 0.543. The van der Waals surface area contributed by atoms with Crippen LogP contribution in [-0.2, 0) is 27.7 Å². The van der Waals surface area contributed by atoms with Crippen molar-refractivity contribution in [3.05, 3.63) is 35.0 Å². The number of hydrogen-bond acceptors (Lipinski definition) is 7. The molecular formula is C20H26N6O3S. The fourth-order valence-corrected chi connectivity index (χ4v) is 5.08. The summed E-state index contributed by atoms with van der Waals surface area (Å²) in [5.74, 6) is 1.31. The number of amides is 1. The van der Waals surface area contributed by atoms with Crippen LogP contribution in [0.2, 0.25) is 0 Å². The van der Waals surface area contributed by atoms with Crippen LogP contribution in [-0.4, -0.2) is 50.5 Å². The normalized spacial score (nSPS) is 15.3. The largest absolute Gasteiger partial charge is 0.370 e. The number of nitrogens with one attached hydrogen (secondary N) is 3. The number of sulfonamides is 1. The van der Waals surface area contributed by atoms with Gasteiger partial charge in [-0.25, -0.2) is 18.1 Å². The number of carbonyl (C=O) groups excluding carboxylic acids is 1. The molecule has 0 saturated carbocycles. The van der Waals surface area contributed by atoms with Crippen LogP contribution in [0.15, 0.2) is 23.1 Å². The van der Waals surface area contributed by atoms with Gasteiger partial charge in [-0.15, -0.1) is 0 Å². The molecule has 10 heteroatoms.